The van der Waals surface area contributed by atoms with E-state index in [0.717, 1.165) is 5.56 Å². The summed E-state index contributed by atoms with van der Waals surface area (Å²) in [5.41, 5.74) is 1.32. The van der Waals surface area contributed by atoms with Gasteiger partial charge in [-0.15, -0.1) is 0 Å². The molecule has 0 unspecified atom stereocenters. The van der Waals surface area contributed by atoms with Crippen molar-refractivity contribution in [3.05, 3.63) is 29.3 Å². The molecule has 0 saturated heterocycles. The van der Waals surface area contributed by atoms with Gasteiger partial charge >= 0.3 is 0 Å². The van der Waals surface area contributed by atoms with Crippen molar-refractivity contribution in [3.63, 3.8) is 0 Å². The van der Waals surface area contributed by atoms with Crippen molar-refractivity contribution < 1.29 is 9.18 Å². The van der Waals surface area contributed by atoms with E-state index in [-0.39, 0.29) is 5.12 Å². The Labute approximate surface area is 98.7 Å². The van der Waals surface area contributed by atoms with Crippen LogP contribution in [0.5, 0.6) is 0 Å². The van der Waals surface area contributed by atoms with Gasteiger partial charge in [-0.05, 0) is 19.1 Å². The Morgan fingerprint density at radius 1 is 1.56 bits per heavy atom. The lowest BCUT2D eigenvalue weighted by atomic mass is 10.2. The van der Waals surface area contributed by atoms with Gasteiger partial charge in [0.15, 0.2) is 5.12 Å². The molecule has 0 aliphatic carbocycles. The van der Waals surface area contributed by atoms with Crippen molar-refractivity contribution in [1.82, 2.24) is 4.98 Å². The van der Waals surface area contributed by atoms with Crippen LogP contribution in [-0.4, -0.2) is 15.9 Å². The second-order valence-electron chi connectivity index (χ2n) is 3.16. The summed E-state index contributed by atoms with van der Waals surface area (Å²) in [5.74, 6) is 6.04. The van der Waals surface area contributed by atoms with E-state index in [1.54, 1.807) is 13.0 Å². The first kappa shape index (κ1) is 12.7. The van der Waals surface area contributed by atoms with E-state index in [1.165, 1.54) is 24.8 Å². The van der Waals surface area contributed by atoms with Crippen molar-refractivity contribution in [2.75, 3.05) is 5.75 Å². The highest BCUT2D eigenvalue weighted by molar-refractivity contribution is 8.13. The molecular weight excluding hydrogens is 225 g/mol. The minimum Gasteiger partial charge on any atom is -0.288 e. The molecule has 1 heterocycles. The molecule has 1 aromatic heterocycles. The van der Waals surface area contributed by atoms with Gasteiger partial charge in [0.05, 0.1) is 5.69 Å². The lowest BCUT2D eigenvalue weighted by molar-refractivity contribution is -0.109. The van der Waals surface area contributed by atoms with Crippen LogP contribution in [-0.2, 0) is 4.79 Å². The van der Waals surface area contributed by atoms with Crippen LogP contribution < -0.4 is 0 Å². The van der Waals surface area contributed by atoms with Gasteiger partial charge in [-0.2, -0.15) is 4.39 Å². The first-order chi connectivity index (χ1) is 7.59. The largest absolute Gasteiger partial charge is 0.288 e. The molecule has 16 heavy (non-hydrogen) atoms. The summed E-state index contributed by atoms with van der Waals surface area (Å²) in [6.07, 6.45) is 0.640. The molecule has 0 saturated carbocycles. The van der Waals surface area contributed by atoms with Crippen LogP contribution in [0.25, 0.3) is 0 Å². The smallest absolute Gasteiger partial charge is 0.213 e. The third kappa shape index (κ3) is 4.45. The summed E-state index contributed by atoms with van der Waals surface area (Å²) in [6, 6.07) is 2.91. The first-order valence-electron chi connectivity index (χ1n) is 4.85. The van der Waals surface area contributed by atoms with Gasteiger partial charge < -0.3 is 0 Å². The van der Waals surface area contributed by atoms with Gasteiger partial charge in [0.25, 0.3) is 0 Å². The predicted octanol–water partition coefficient (Wildman–Crippen LogP) is 2.55. The Balaban J connectivity index is 2.53. The number of carbonyl (C=O) groups is 1. The number of hydrogen-bond donors (Lipinski definition) is 0. The molecule has 0 atom stereocenters. The molecule has 2 nitrogen and oxygen atoms in total. The van der Waals surface area contributed by atoms with Crippen LogP contribution >= 0.6 is 11.8 Å². The highest BCUT2D eigenvalue weighted by atomic mass is 32.2. The molecule has 4 heteroatoms. The maximum absolute atomic E-state index is 12.7. The summed E-state index contributed by atoms with van der Waals surface area (Å²) in [5, 5.41) is 0.0985. The highest BCUT2D eigenvalue weighted by Crippen LogP contribution is 2.05. The van der Waals surface area contributed by atoms with E-state index in [1.807, 2.05) is 0 Å². The van der Waals surface area contributed by atoms with E-state index in [2.05, 4.69) is 16.8 Å². The molecule has 84 valence electrons. The molecule has 0 amide bonds. The molecule has 0 spiro atoms. The average molecular weight is 237 g/mol. The minimum atomic E-state index is -0.491. The molecule has 0 aliphatic rings. The molecule has 1 aromatic rings. The fourth-order valence-electron chi connectivity index (χ4n) is 1.07. The third-order valence-electron chi connectivity index (χ3n) is 1.81. The monoisotopic (exact) mass is 237 g/mol. The maximum atomic E-state index is 12.7. The molecular formula is C12H12FNOS. The number of thioether (sulfide) groups is 1. The topological polar surface area (TPSA) is 30.0 Å². The normalized spacial score (nSPS) is 9.44. The van der Waals surface area contributed by atoms with Gasteiger partial charge in [0.1, 0.15) is 0 Å². The van der Waals surface area contributed by atoms with Crippen LogP contribution in [0.3, 0.4) is 0 Å². The Bertz CT molecular complexity index is 448. The number of pyridine rings is 1. The Morgan fingerprint density at radius 3 is 2.94 bits per heavy atom. The zero-order chi connectivity index (χ0) is 12.0. The quantitative estimate of drug-likeness (QED) is 0.450. The fraction of sp³-hybridized carbons (Fsp3) is 0.333. The summed E-state index contributed by atoms with van der Waals surface area (Å²) < 4.78 is 12.7. The molecule has 0 bridgehead atoms. The maximum Gasteiger partial charge on any atom is 0.213 e. The van der Waals surface area contributed by atoms with E-state index in [0.29, 0.717) is 17.9 Å². The second-order valence-corrected chi connectivity index (χ2v) is 4.43. The second kappa shape index (κ2) is 6.29. The number of carbonyl (C=O) groups excluding carboxylic acids is 1. The Hall–Kier alpha value is -1.34. The van der Waals surface area contributed by atoms with Gasteiger partial charge in [-0.1, -0.05) is 23.6 Å². The zero-order valence-corrected chi connectivity index (χ0v) is 10.0. The lowest BCUT2D eigenvalue weighted by Crippen LogP contribution is -1.90. The van der Waals surface area contributed by atoms with Crippen molar-refractivity contribution in [2.45, 2.75) is 20.3 Å². The van der Waals surface area contributed by atoms with E-state index in [9.17, 15) is 9.18 Å². The highest BCUT2D eigenvalue weighted by Gasteiger charge is 1.97. The van der Waals surface area contributed by atoms with Gasteiger partial charge in [-0.25, -0.2) is 4.98 Å². The predicted molar refractivity (Wildman–Crippen MR) is 63.6 cm³/mol. The third-order valence-corrected chi connectivity index (χ3v) is 2.62. The van der Waals surface area contributed by atoms with E-state index >= 15 is 0 Å². The van der Waals surface area contributed by atoms with Gasteiger partial charge in [0.2, 0.25) is 5.95 Å². The number of aromatic nitrogens is 1. The van der Waals surface area contributed by atoms with Crippen LogP contribution in [0.15, 0.2) is 12.1 Å². The zero-order valence-electron chi connectivity index (χ0n) is 9.21. The number of rotatable bonds is 2. The van der Waals surface area contributed by atoms with Gasteiger partial charge in [-0.3, -0.25) is 4.79 Å². The van der Waals surface area contributed by atoms with Crippen molar-refractivity contribution in [2.24, 2.45) is 0 Å². The van der Waals surface area contributed by atoms with Crippen molar-refractivity contribution >= 4 is 16.9 Å². The molecule has 0 aliphatic heterocycles. The summed E-state index contributed by atoms with van der Waals surface area (Å²) >= 11 is 1.26. The summed E-state index contributed by atoms with van der Waals surface area (Å²) in [7, 11) is 0. The van der Waals surface area contributed by atoms with E-state index < -0.39 is 5.95 Å². The standard InChI is InChI=1S/C12H12FNOS/c1-9-11(6-7-12(13)14-9)5-3-4-8-16-10(2)15/h6-7H,4,8H2,1-2H3. The number of nitrogens with zero attached hydrogens (tertiary/aromatic N) is 1. The van der Waals surface area contributed by atoms with Crippen LogP contribution in [0.1, 0.15) is 24.6 Å². The summed E-state index contributed by atoms with van der Waals surface area (Å²) in [6.45, 7) is 3.25. The van der Waals surface area contributed by atoms with Crippen LogP contribution in [0, 0.1) is 24.7 Å². The number of halogens is 1. The Kier molecular flexibility index (Phi) is 5.00. The minimum absolute atomic E-state index is 0.0985. The number of aryl methyl sites for hydroxylation is 1. The van der Waals surface area contributed by atoms with E-state index in [4.69, 9.17) is 0 Å². The van der Waals surface area contributed by atoms with Crippen LogP contribution in [0.4, 0.5) is 4.39 Å². The average Bonchev–Trinajstić information content (AvgIpc) is 2.20. The number of hydrogen-bond acceptors (Lipinski definition) is 3. The summed E-state index contributed by atoms with van der Waals surface area (Å²) in [4.78, 5) is 14.3. The van der Waals surface area contributed by atoms with Gasteiger partial charge in [0, 0.05) is 24.7 Å². The molecule has 1 rings (SSSR count). The SMILES string of the molecule is CC(=O)SCCC#Cc1ccc(F)nc1C. The lowest BCUT2D eigenvalue weighted by Gasteiger charge is -1.95. The Morgan fingerprint density at radius 2 is 2.31 bits per heavy atom. The van der Waals surface area contributed by atoms with Crippen molar-refractivity contribution in [3.8, 4) is 11.8 Å². The first-order valence-corrected chi connectivity index (χ1v) is 5.83. The van der Waals surface area contributed by atoms with Crippen molar-refractivity contribution in [1.29, 1.82) is 0 Å². The molecule has 0 aromatic carbocycles. The fourth-order valence-corrected chi connectivity index (χ4v) is 1.56. The molecule has 0 fully saturated rings. The molecule has 0 radical (unpaired) electrons. The molecule has 0 N–H and O–H groups in total. The van der Waals surface area contributed by atoms with Crippen LogP contribution in [0.2, 0.25) is 0 Å².